The molecule has 0 saturated carbocycles. The summed E-state index contributed by atoms with van der Waals surface area (Å²) >= 11 is 8.03. The molecule has 0 amide bonds. The van der Waals surface area contributed by atoms with Crippen LogP contribution in [-0.4, -0.2) is 16.3 Å². The van der Waals surface area contributed by atoms with Crippen molar-refractivity contribution in [3.8, 4) is 16.3 Å². The molecule has 100 valence electrons. The number of anilines is 1. The first-order valence-electron chi connectivity index (χ1n) is 6.49. The topological polar surface area (TPSA) is 29.9 Å². The van der Waals surface area contributed by atoms with Crippen LogP contribution in [0.15, 0.2) is 41.8 Å². The molecular formula is C15H12ClN3S. The van der Waals surface area contributed by atoms with Gasteiger partial charge >= 0.3 is 0 Å². The highest BCUT2D eigenvalue weighted by Gasteiger charge is 2.24. The third kappa shape index (κ3) is 1.76. The highest BCUT2D eigenvalue weighted by Crippen LogP contribution is 2.37. The summed E-state index contributed by atoms with van der Waals surface area (Å²) < 4.78 is 1.93. The van der Waals surface area contributed by atoms with Crippen molar-refractivity contribution in [1.29, 1.82) is 0 Å². The number of fused-ring (bicyclic) bond motifs is 1. The second-order valence-corrected chi connectivity index (χ2v) is 6.05. The monoisotopic (exact) mass is 301 g/mol. The minimum Gasteiger partial charge on any atom is -0.369 e. The number of rotatable bonds is 2. The van der Waals surface area contributed by atoms with Crippen LogP contribution in [0, 0.1) is 0 Å². The molecule has 1 aromatic carbocycles. The van der Waals surface area contributed by atoms with Gasteiger partial charge in [0.1, 0.15) is 11.5 Å². The Labute approximate surface area is 125 Å². The Balaban J connectivity index is 1.94. The van der Waals surface area contributed by atoms with Crippen LogP contribution in [0.2, 0.25) is 5.02 Å². The van der Waals surface area contributed by atoms with Gasteiger partial charge in [0.15, 0.2) is 0 Å². The van der Waals surface area contributed by atoms with E-state index in [0.717, 1.165) is 30.2 Å². The van der Waals surface area contributed by atoms with Crippen LogP contribution >= 0.6 is 22.9 Å². The zero-order valence-corrected chi connectivity index (χ0v) is 12.2. The molecule has 5 heteroatoms. The zero-order chi connectivity index (χ0) is 13.5. The average molecular weight is 302 g/mol. The summed E-state index contributed by atoms with van der Waals surface area (Å²) in [6.07, 6.45) is 1.01. The highest BCUT2D eigenvalue weighted by atomic mass is 35.5. The van der Waals surface area contributed by atoms with E-state index in [9.17, 15) is 0 Å². The third-order valence-corrected chi connectivity index (χ3v) is 4.68. The molecule has 0 bridgehead atoms. The molecule has 2 aromatic heterocycles. The Morgan fingerprint density at radius 3 is 2.90 bits per heavy atom. The summed E-state index contributed by atoms with van der Waals surface area (Å²) in [5.41, 5.74) is 3.27. The SMILES string of the molecule is Clc1ccccc1-n1nc(-c2cccs2)c2c1NCC2. The van der Waals surface area contributed by atoms with E-state index in [-0.39, 0.29) is 0 Å². The number of hydrogen-bond acceptors (Lipinski definition) is 3. The van der Waals surface area contributed by atoms with Crippen molar-refractivity contribution in [2.75, 3.05) is 11.9 Å². The van der Waals surface area contributed by atoms with Gasteiger partial charge in [0.05, 0.1) is 15.6 Å². The van der Waals surface area contributed by atoms with Crippen molar-refractivity contribution >= 4 is 28.8 Å². The Morgan fingerprint density at radius 2 is 2.10 bits per heavy atom. The van der Waals surface area contributed by atoms with E-state index in [1.54, 1.807) is 11.3 Å². The lowest BCUT2D eigenvalue weighted by Gasteiger charge is -2.07. The summed E-state index contributed by atoms with van der Waals surface area (Å²) in [5.74, 6) is 1.07. The van der Waals surface area contributed by atoms with E-state index in [2.05, 4.69) is 22.8 Å². The number of benzene rings is 1. The van der Waals surface area contributed by atoms with Gasteiger partial charge in [0.25, 0.3) is 0 Å². The number of hydrogen-bond donors (Lipinski definition) is 1. The molecule has 0 saturated heterocycles. The first-order valence-corrected chi connectivity index (χ1v) is 7.75. The lowest BCUT2D eigenvalue weighted by atomic mass is 10.2. The van der Waals surface area contributed by atoms with Gasteiger partial charge in [-0.25, -0.2) is 4.68 Å². The third-order valence-electron chi connectivity index (χ3n) is 3.49. The van der Waals surface area contributed by atoms with Crippen LogP contribution in [-0.2, 0) is 6.42 Å². The molecule has 0 spiro atoms. The molecule has 3 nitrogen and oxygen atoms in total. The van der Waals surface area contributed by atoms with Gasteiger partial charge in [-0.15, -0.1) is 11.3 Å². The fraction of sp³-hybridized carbons (Fsp3) is 0.133. The Morgan fingerprint density at radius 1 is 1.20 bits per heavy atom. The predicted molar refractivity (Wildman–Crippen MR) is 84.1 cm³/mol. The summed E-state index contributed by atoms with van der Waals surface area (Å²) in [6, 6.07) is 12.0. The Bertz CT molecular complexity index is 762. The van der Waals surface area contributed by atoms with Crippen LogP contribution in [0.3, 0.4) is 0 Å². The molecule has 1 aliphatic heterocycles. The molecule has 20 heavy (non-hydrogen) atoms. The summed E-state index contributed by atoms with van der Waals surface area (Å²) in [7, 11) is 0. The minimum absolute atomic E-state index is 0.712. The Hall–Kier alpha value is -1.78. The zero-order valence-electron chi connectivity index (χ0n) is 10.6. The number of para-hydroxylation sites is 1. The number of thiophene rings is 1. The molecule has 4 rings (SSSR count). The summed E-state index contributed by atoms with van der Waals surface area (Å²) in [4.78, 5) is 1.20. The fourth-order valence-corrected chi connectivity index (χ4v) is 3.54. The number of nitrogens with zero attached hydrogens (tertiary/aromatic N) is 2. The van der Waals surface area contributed by atoms with E-state index >= 15 is 0 Å². The molecule has 0 fully saturated rings. The van der Waals surface area contributed by atoms with Crippen molar-refractivity contribution < 1.29 is 0 Å². The van der Waals surface area contributed by atoms with E-state index in [1.807, 2.05) is 28.9 Å². The highest BCUT2D eigenvalue weighted by molar-refractivity contribution is 7.13. The van der Waals surface area contributed by atoms with E-state index in [1.165, 1.54) is 10.4 Å². The van der Waals surface area contributed by atoms with Crippen LogP contribution in [0.4, 0.5) is 5.82 Å². The lowest BCUT2D eigenvalue weighted by molar-refractivity contribution is 0.883. The first kappa shape index (κ1) is 12.0. The normalized spacial score (nSPS) is 13.2. The van der Waals surface area contributed by atoms with E-state index in [4.69, 9.17) is 16.7 Å². The molecule has 1 N–H and O–H groups in total. The van der Waals surface area contributed by atoms with Crippen molar-refractivity contribution in [3.63, 3.8) is 0 Å². The van der Waals surface area contributed by atoms with E-state index < -0.39 is 0 Å². The van der Waals surface area contributed by atoms with Crippen molar-refractivity contribution in [1.82, 2.24) is 9.78 Å². The van der Waals surface area contributed by atoms with Crippen LogP contribution in [0.5, 0.6) is 0 Å². The summed E-state index contributed by atoms with van der Waals surface area (Å²) in [5, 5.41) is 11.0. The lowest BCUT2D eigenvalue weighted by Crippen LogP contribution is -2.04. The van der Waals surface area contributed by atoms with Crippen molar-refractivity contribution in [2.24, 2.45) is 0 Å². The second-order valence-electron chi connectivity index (χ2n) is 4.69. The quantitative estimate of drug-likeness (QED) is 0.768. The smallest absolute Gasteiger partial charge is 0.133 e. The molecule has 1 aliphatic rings. The summed E-state index contributed by atoms with van der Waals surface area (Å²) in [6.45, 7) is 0.954. The number of aromatic nitrogens is 2. The first-order chi connectivity index (χ1) is 9.84. The van der Waals surface area contributed by atoms with Gasteiger partial charge in [-0.3, -0.25) is 0 Å². The maximum absolute atomic E-state index is 6.31. The number of halogens is 1. The van der Waals surface area contributed by atoms with Crippen molar-refractivity contribution in [2.45, 2.75) is 6.42 Å². The molecule has 0 atom stereocenters. The molecule has 3 aromatic rings. The van der Waals surface area contributed by atoms with Gasteiger partial charge in [0.2, 0.25) is 0 Å². The van der Waals surface area contributed by atoms with Gasteiger partial charge in [0, 0.05) is 12.1 Å². The molecule has 0 radical (unpaired) electrons. The standard InChI is InChI=1S/C15H12ClN3S/c16-11-4-1-2-5-12(11)19-15-10(7-8-17-15)14(18-19)13-6-3-9-20-13/h1-6,9,17H,7-8H2. The van der Waals surface area contributed by atoms with Gasteiger partial charge < -0.3 is 5.32 Å². The van der Waals surface area contributed by atoms with Gasteiger partial charge in [-0.1, -0.05) is 29.8 Å². The molecule has 0 aliphatic carbocycles. The average Bonchev–Trinajstić information content (AvgIpc) is 3.16. The van der Waals surface area contributed by atoms with Crippen LogP contribution < -0.4 is 5.32 Å². The second kappa shape index (κ2) is 4.65. The maximum Gasteiger partial charge on any atom is 0.133 e. The molecule has 0 unspecified atom stereocenters. The molecule has 3 heterocycles. The van der Waals surface area contributed by atoms with Gasteiger partial charge in [-0.05, 0) is 30.0 Å². The van der Waals surface area contributed by atoms with Crippen LogP contribution in [0.25, 0.3) is 16.3 Å². The minimum atomic E-state index is 0.712. The number of nitrogens with one attached hydrogen (secondary N) is 1. The molecular weight excluding hydrogens is 290 g/mol. The fourth-order valence-electron chi connectivity index (χ4n) is 2.58. The largest absolute Gasteiger partial charge is 0.369 e. The maximum atomic E-state index is 6.31. The predicted octanol–water partition coefficient (Wildman–Crippen LogP) is 4.22. The van der Waals surface area contributed by atoms with E-state index in [0.29, 0.717) is 5.02 Å². The van der Waals surface area contributed by atoms with Crippen LogP contribution in [0.1, 0.15) is 5.56 Å². The Kier molecular flexibility index (Phi) is 2.79. The van der Waals surface area contributed by atoms with Gasteiger partial charge in [-0.2, -0.15) is 5.10 Å². The van der Waals surface area contributed by atoms with Crippen molar-refractivity contribution in [3.05, 3.63) is 52.4 Å².